The molecule has 0 spiro atoms. The maximum Gasteiger partial charge on any atom is 0.148 e. The summed E-state index contributed by atoms with van der Waals surface area (Å²) >= 11 is 3.45. The first kappa shape index (κ1) is 12.1. The van der Waals surface area contributed by atoms with Crippen molar-refractivity contribution in [2.45, 2.75) is 24.1 Å². The summed E-state index contributed by atoms with van der Waals surface area (Å²) in [5.74, 6) is 0.159. The number of alkyl halides is 1. The van der Waals surface area contributed by atoms with Crippen LogP contribution < -0.4 is 0 Å². The monoisotopic (exact) mass is 302 g/mol. The molecule has 2 rings (SSSR count). The lowest BCUT2D eigenvalue weighted by atomic mass is 10.1. The molecule has 0 aromatic heterocycles. The Morgan fingerprint density at radius 2 is 2.00 bits per heavy atom. The Morgan fingerprint density at radius 3 is 2.69 bits per heavy atom. The average molecular weight is 303 g/mol. The van der Waals surface area contributed by atoms with Crippen molar-refractivity contribution in [3.8, 4) is 0 Å². The number of hydrogen-bond acceptors (Lipinski definition) is 2. The van der Waals surface area contributed by atoms with Crippen molar-refractivity contribution >= 4 is 25.8 Å². The van der Waals surface area contributed by atoms with E-state index in [-0.39, 0.29) is 10.6 Å². The van der Waals surface area contributed by atoms with Gasteiger partial charge < -0.3 is 0 Å². The average Bonchev–Trinajstić information content (AvgIpc) is 2.61. The summed E-state index contributed by atoms with van der Waals surface area (Å²) in [5.41, 5.74) is 3.88. The molecule has 1 aromatic carbocycles. The van der Waals surface area contributed by atoms with Crippen molar-refractivity contribution in [3.63, 3.8) is 0 Å². The molecule has 16 heavy (non-hydrogen) atoms. The molecule has 0 N–H and O–H groups in total. The second-order valence-corrected chi connectivity index (χ2v) is 7.73. The molecule has 88 valence electrons. The van der Waals surface area contributed by atoms with Crippen molar-refractivity contribution in [1.29, 1.82) is 0 Å². The van der Waals surface area contributed by atoms with Gasteiger partial charge in [-0.1, -0.05) is 34.1 Å². The zero-order chi connectivity index (χ0) is 11.8. The van der Waals surface area contributed by atoms with Crippen molar-refractivity contribution in [1.82, 2.24) is 0 Å². The van der Waals surface area contributed by atoms with Crippen LogP contribution in [0.1, 0.15) is 27.9 Å². The fourth-order valence-corrected chi connectivity index (χ4v) is 4.60. The molecule has 0 aliphatic heterocycles. The van der Waals surface area contributed by atoms with Crippen LogP contribution in [-0.2, 0) is 22.7 Å². The third-order valence-corrected chi connectivity index (χ3v) is 5.15. The second kappa shape index (κ2) is 4.49. The number of fused-ring (bicyclic) bond motifs is 1. The smallest absolute Gasteiger partial charge is 0.148 e. The predicted octanol–water partition coefficient (Wildman–Crippen LogP) is 2.66. The number of aryl methyl sites for hydroxylation is 2. The van der Waals surface area contributed by atoms with Crippen molar-refractivity contribution in [3.05, 3.63) is 34.9 Å². The van der Waals surface area contributed by atoms with E-state index >= 15 is 0 Å². The van der Waals surface area contributed by atoms with Gasteiger partial charge in [0.25, 0.3) is 0 Å². The lowest BCUT2D eigenvalue weighted by molar-refractivity contribution is 0.601. The molecule has 0 heterocycles. The molecule has 2 nitrogen and oxygen atoms in total. The van der Waals surface area contributed by atoms with E-state index in [1.54, 1.807) is 0 Å². The van der Waals surface area contributed by atoms with Gasteiger partial charge in [-0.2, -0.15) is 0 Å². The first-order chi connectivity index (χ1) is 7.46. The number of hydrogen-bond donors (Lipinski definition) is 0. The van der Waals surface area contributed by atoms with Gasteiger partial charge in [0.05, 0.1) is 10.6 Å². The van der Waals surface area contributed by atoms with E-state index in [4.69, 9.17) is 0 Å². The van der Waals surface area contributed by atoms with Crippen molar-refractivity contribution < 1.29 is 8.42 Å². The van der Waals surface area contributed by atoms with Crippen LogP contribution in [0, 0.1) is 0 Å². The highest BCUT2D eigenvalue weighted by molar-refractivity contribution is 9.09. The zero-order valence-electron chi connectivity index (χ0n) is 9.24. The fourth-order valence-electron chi connectivity index (χ4n) is 2.15. The first-order valence-electron chi connectivity index (χ1n) is 5.39. The first-order valence-corrected chi connectivity index (χ1v) is 8.37. The molecule has 0 radical (unpaired) electrons. The molecular weight excluding hydrogens is 288 g/mol. The molecular formula is C12H15BrO2S. The van der Waals surface area contributed by atoms with E-state index in [0.29, 0.717) is 0 Å². The zero-order valence-corrected chi connectivity index (χ0v) is 11.6. The fraction of sp³-hybridized carbons (Fsp3) is 0.500. The molecule has 1 aliphatic rings. The topological polar surface area (TPSA) is 34.1 Å². The minimum absolute atomic E-state index is 0.0894. The summed E-state index contributed by atoms with van der Waals surface area (Å²) < 4.78 is 22.4. The van der Waals surface area contributed by atoms with E-state index in [1.165, 1.54) is 23.8 Å². The molecule has 0 bridgehead atoms. The van der Waals surface area contributed by atoms with Gasteiger partial charge >= 0.3 is 0 Å². The summed E-state index contributed by atoms with van der Waals surface area (Å²) in [6.07, 6.45) is 4.78. The molecule has 1 unspecified atom stereocenters. The SMILES string of the molecule is CS(=O)(=O)CC(Br)c1ccc2c(c1)CCC2. The van der Waals surface area contributed by atoms with Gasteiger partial charge in [-0.25, -0.2) is 8.42 Å². The Hall–Kier alpha value is -0.350. The maximum atomic E-state index is 11.2. The summed E-state index contributed by atoms with van der Waals surface area (Å²) in [4.78, 5) is -0.0894. The highest BCUT2D eigenvalue weighted by Gasteiger charge is 2.17. The third kappa shape index (κ3) is 2.86. The van der Waals surface area contributed by atoms with Gasteiger partial charge in [0.2, 0.25) is 0 Å². The molecule has 0 saturated heterocycles. The molecule has 0 saturated carbocycles. The predicted molar refractivity (Wildman–Crippen MR) is 69.8 cm³/mol. The van der Waals surface area contributed by atoms with Crippen LogP contribution in [0.5, 0.6) is 0 Å². The van der Waals surface area contributed by atoms with Crippen LogP contribution in [-0.4, -0.2) is 20.4 Å². The van der Waals surface area contributed by atoms with Gasteiger partial charge in [0, 0.05) is 6.26 Å². The molecule has 1 aromatic rings. The second-order valence-electron chi connectivity index (χ2n) is 4.44. The highest BCUT2D eigenvalue weighted by atomic mass is 79.9. The summed E-state index contributed by atoms with van der Waals surface area (Å²) in [6, 6.07) is 6.32. The van der Waals surface area contributed by atoms with Crippen LogP contribution >= 0.6 is 15.9 Å². The molecule has 4 heteroatoms. The number of benzene rings is 1. The summed E-state index contributed by atoms with van der Waals surface area (Å²) in [5, 5.41) is 0. The molecule has 0 fully saturated rings. The van der Waals surface area contributed by atoms with Crippen LogP contribution in [0.4, 0.5) is 0 Å². The Kier molecular flexibility index (Phi) is 3.40. The number of rotatable bonds is 3. The van der Waals surface area contributed by atoms with Crippen LogP contribution in [0.15, 0.2) is 18.2 Å². The summed E-state index contributed by atoms with van der Waals surface area (Å²) in [7, 11) is -2.93. The van der Waals surface area contributed by atoms with Gasteiger partial charge in [-0.05, 0) is 36.0 Å². The van der Waals surface area contributed by atoms with E-state index < -0.39 is 9.84 Å². The van der Waals surface area contributed by atoms with Gasteiger partial charge in [0.1, 0.15) is 9.84 Å². The van der Waals surface area contributed by atoms with E-state index in [2.05, 4.69) is 28.1 Å². The van der Waals surface area contributed by atoms with Gasteiger partial charge in [0.15, 0.2) is 0 Å². The van der Waals surface area contributed by atoms with Crippen LogP contribution in [0.3, 0.4) is 0 Å². The highest BCUT2D eigenvalue weighted by Crippen LogP contribution is 2.29. The van der Waals surface area contributed by atoms with Crippen LogP contribution in [0.2, 0.25) is 0 Å². The van der Waals surface area contributed by atoms with Crippen molar-refractivity contribution in [2.75, 3.05) is 12.0 Å². The molecule has 0 amide bonds. The minimum Gasteiger partial charge on any atom is -0.229 e. The lowest BCUT2D eigenvalue weighted by Crippen LogP contribution is -2.08. The number of sulfone groups is 1. The minimum atomic E-state index is -2.93. The molecule has 1 atom stereocenters. The van der Waals surface area contributed by atoms with Gasteiger partial charge in [-0.3, -0.25) is 0 Å². The third-order valence-electron chi connectivity index (χ3n) is 2.93. The maximum absolute atomic E-state index is 11.2. The van der Waals surface area contributed by atoms with E-state index in [0.717, 1.165) is 18.4 Å². The summed E-state index contributed by atoms with van der Waals surface area (Å²) in [6.45, 7) is 0. The quantitative estimate of drug-likeness (QED) is 0.805. The molecule has 1 aliphatic carbocycles. The van der Waals surface area contributed by atoms with Gasteiger partial charge in [-0.15, -0.1) is 0 Å². The normalized spacial score (nSPS) is 17.1. The Balaban J connectivity index is 2.21. The van der Waals surface area contributed by atoms with Crippen molar-refractivity contribution in [2.24, 2.45) is 0 Å². The van der Waals surface area contributed by atoms with E-state index in [1.807, 2.05) is 6.07 Å². The Morgan fingerprint density at radius 1 is 1.31 bits per heavy atom. The number of halogens is 1. The Labute approximate surface area is 105 Å². The standard InChI is InChI=1S/C12H15BrO2S/c1-16(14,15)8-12(13)11-6-5-9-3-2-4-10(9)7-11/h5-7,12H,2-4,8H2,1H3. The lowest BCUT2D eigenvalue weighted by Gasteiger charge is -2.10. The van der Waals surface area contributed by atoms with E-state index in [9.17, 15) is 8.42 Å². The Bertz CT molecular complexity index is 494. The van der Waals surface area contributed by atoms with Crippen LogP contribution in [0.25, 0.3) is 0 Å². The largest absolute Gasteiger partial charge is 0.229 e.